The number of halogens is 5. The zero-order valence-electron chi connectivity index (χ0n) is 15.5. The zero-order chi connectivity index (χ0) is 22.1. The zero-order valence-corrected chi connectivity index (χ0v) is 17.0. The topological polar surface area (TPSA) is 67.6 Å². The predicted octanol–water partition coefficient (Wildman–Crippen LogP) is 5.61. The first-order valence-electron chi connectivity index (χ1n) is 8.61. The van der Waals surface area contributed by atoms with Crippen molar-refractivity contribution < 1.29 is 13.2 Å². The molecule has 0 saturated heterocycles. The number of nitrogens with zero attached hydrogens (tertiary/aromatic N) is 3. The molecule has 152 valence electrons. The largest absolute Gasteiger partial charge is 0.416 e. The number of nitrogen functional groups attached to an aromatic ring is 1. The molecule has 0 aliphatic rings. The molecule has 1 heterocycles. The van der Waals surface area contributed by atoms with Gasteiger partial charge in [0.2, 0.25) is 0 Å². The van der Waals surface area contributed by atoms with Gasteiger partial charge >= 0.3 is 6.18 Å². The standard InChI is InChI=1S/C21H13Cl2F3N4/c1-2-12-3-5-13(6-4-12)7-8-15-18(11-27)29-30(20(15)28)19-16(22)9-14(10-17(19)23)21(24,25)26/h3-6,9-10H,2,28H2,1H3. The fraction of sp³-hybridized carbons (Fsp3) is 0.143. The Labute approximate surface area is 180 Å². The average Bonchev–Trinajstić information content (AvgIpc) is 3.01. The van der Waals surface area contributed by atoms with Crippen LogP contribution in [0, 0.1) is 23.2 Å². The first-order valence-corrected chi connectivity index (χ1v) is 9.37. The molecule has 2 aromatic carbocycles. The molecule has 9 heteroatoms. The molecule has 0 aliphatic heterocycles. The van der Waals surface area contributed by atoms with Gasteiger partial charge in [0.15, 0.2) is 5.69 Å². The summed E-state index contributed by atoms with van der Waals surface area (Å²) in [4.78, 5) is 0. The number of anilines is 1. The van der Waals surface area contributed by atoms with E-state index < -0.39 is 11.7 Å². The van der Waals surface area contributed by atoms with Gasteiger partial charge in [0, 0.05) is 5.56 Å². The highest BCUT2D eigenvalue weighted by molar-refractivity contribution is 6.38. The molecule has 0 aliphatic carbocycles. The van der Waals surface area contributed by atoms with Gasteiger partial charge in [0.1, 0.15) is 23.1 Å². The minimum atomic E-state index is -4.62. The minimum absolute atomic E-state index is 0.0622. The number of benzene rings is 2. The van der Waals surface area contributed by atoms with Gasteiger partial charge < -0.3 is 5.73 Å². The molecule has 2 N–H and O–H groups in total. The molecule has 1 aromatic heterocycles. The van der Waals surface area contributed by atoms with Crippen molar-refractivity contribution in [2.75, 3.05) is 5.73 Å². The molecule has 30 heavy (non-hydrogen) atoms. The fourth-order valence-corrected chi connectivity index (χ4v) is 3.34. The Hall–Kier alpha value is -3.13. The molecule has 0 unspecified atom stereocenters. The third-order valence-corrected chi connectivity index (χ3v) is 4.85. The summed E-state index contributed by atoms with van der Waals surface area (Å²) in [6.07, 6.45) is -3.73. The lowest BCUT2D eigenvalue weighted by atomic mass is 10.1. The van der Waals surface area contributed by atoms with Crippen molar-refractivity contribution in [1.82, 2.24) is 9.78 Å². The van der Waals surface area contributed by atoms with Crippen LogP contribution in [0.5, 0.6) is 0 Å². The van der Waals surface area contributed by atoms with E-state index in [1.54, 1.807) is 0 Å². The Morgan fingerprint density at radius 1 is 1.10 bits per heavy atom. The third kappa shape index (κ3) is 4.23. The predicted molar refractivity (Wildman–Crippen MR) is 110 cm³/mol. The van der Waals surface area contributed by atoms with Crippen molar-refractivity contribution in [3.8, 4) is 23.6 Å². The second-order valence-corrected chi connectivity index (χ2v) is 7.03. The maximum absolute atomic E-state index is 13.0. The van der Waals surface area contributed by atoms with Crippen LogP contribution in [0.1, 0.15) is 34.9 Å². The van der Waals surface area contributed by atoms with Crippen molar-refractivity contribution in [3.05, 3.63) is 74.4 Å². The summed E-state index contributed by atoms with van der Waals surface area (Å²) in [6, 6.07) is 10.9. The van der Waals surface area contributed by atoms with Gasteiger partial charge in [0.05, 0.1) is 15.6 Å². The van der Waals surface area contributed by atoms with E-state index in [1.165, 1.54) is 0 Å². The molecule has 3 aromatic rings. The van der Waals surface area contributed by atoms with E-state index in [0.717, 1.165) is 28.8 Å². The summed E-state index contributed by atoms with van der Waals surface area (Å²) in [5.41, 5.74) is 6.89. The van der Waals surface area contributed by atoms with Crippen molar-refractivity contribution in [2.45, 2.75) is 19.5 Å². The second kappa shape index (κ2) is 8.31. The molecular formula is C21H13Cl2F3N4. The van der Waals surface area contributed by atoms with E-state index in [4.69, 9.17) is 28.9 Å². The quantitative estimate of drug-likeness (QED) is 0.517. The number of nitriles is 1. The summed E-state index contributed by atoms with van der Waals surface area (Å²) in [5.74, 6) is 5.64. The highest BCUT2D eigenvalue weighted by atomic mass is 35.5. The number of nitrogens with two attached hydrogens (primary N) is 1. The van der Waals surface area contributed by atoms with Gasteiger partial charge in [-0.05, 0) is 36.2 Å². The van der Waals surface area contributed by atoms with E-state index in [2.05, 4.69) is 16.9 Å². The van der Waals surface area contributed by atoms with Crippen LogP contribution in [-0.4, -0.2) is 9.78 Å². The van der Waals surface area contributed by atoms with Gasteiger partial charge in [-0.15, -0.1) is 0 Å². The van der Waals surface area contributed by atoms with Crippen molar-refractivity contribution in [1.29, 1.82) is 5.26 Å². The normalized spacial score (nSPS) is 11.0. The van der Waals surface area contributed by atoms with E-state index in [9.17, 15) is 18.4 Å². The summed E-state index contributed by atoms with van der Waals surface area (Å²) >= 11 is 12.1. The minimum Gasteiger partial charge on any atom is -0.383 e. The summed E-state index contributed by atoms with van der Waals surface area (Å²) in [5, 5.41) is 12.8. The van der Waals surface area contributed by atoms with E-state index in [1.807, 2.05) is 37.3 Å². The monoisotopic (exact) mass is 448 g/mol. The second-order valence-electron chi connectivity index (χ2n) is 6.22. The average molecular weight is 449 g/mol. The van der Waals surface area contributed by atoms with Crippen LogP contribution in [0.15, 0.2) is 36.4 Å². The third-order valence-electron chi connectivity index (χ3n) is 4.28. The maximum Gasteiger partial charge on any atom is 0.416 e. The Bertz CT molecular complexity index is 1190. The molecule has 0 saturated carbocycles. The Balaban J connectivity index is 2.09. The van der Waals surface area contributed by atoms with Crippen LogP contribution in [0.3, 0.4) is 0 Å². The lowest BCUT2D eigenvalue weighted by Gasteiger charge is -2.13. The smallest absolute Gasteiger partial charge is 0.383 e. The Morgan fingerprint density at radius 2 is 1.70 bits per heavy atom. The first kappa shape index (κ1) is 21.6. The molecule has 0 bridgehead atoms. The number of rotatable bonds is 2. The van der Waals surface area contributed by atoms with Crippen LogP contribution in [0.25, 0.3) is 5.69 Å². The molecule has 0 atom stereocenters. The van der Waals surface area contributed by atoms with Gasteiger partial charge in [-0.3, -0.25) is 0 Å². The van der Waals surface area contributed by atoms with E-state index in [0.29, 0.717) is 5.56 Å². The van der Waals surface area contributed by atoms with Crippen molar-refractivity contribution in [3.63, 3.8) is 0 Å². The van der Waals surface area contributed by atoms with E-state index >= 15 is 0 Å². The van der Waals surface area contributed by atoms with Gasteiger partial charge in [-0.1, -0.05) is 54.1 Å². The number of aromatic nitrogens is 2. The molecule has 4 nitrogen and oxygen atoms in total. The molecule has 3 rings (SSSR count). The van der Waals surface area contributed by atoms with Crippen molar-refractivity contribution >= 4 is 29.0 Å². The van der Waals surface area contributed by atoms with Gasteiger partial charge in [-0.2, -0.15) is 23.5 Å². The molecule has 0 fully saturated rings. The number of hydrogen-bond donors (Lipinski definition) is 1. The highest BCUT2D eigenvalue weighted by Crippen LogP contribution is 2.38. The highest BCUT2D eigenvalue weighted by Gasteiger charge is 2.32. The summed E-state index contributed by atoms with van der Waals surface area (Å²) in [6.45, 7) is 2.03. The molecule has 0 amide bonds. The van der Waals surface area contributed by atoms with Crippen molar-refractivity contribution in [2.24, 2.45) is 0 Å². The van der Waals surface area contributed by atoms with Crippen LogP contribution in [0.4, 0.5) is 19.0 Å². The Morgan fingerprint density at radius 3 is 2.20 bits per heavy atom. The van der Waals surface area contributed by atoms with Gasteiger partial charge in [0.25, 0.3) is 0 Å². The van der Waals surface area contributed by atoms with Gasteiger partial charge in [-0.25, -0.2) is 4.68 Å². The lowest BCUT2D eigenvalue weighted by Crippen LogP contribution is -2.08. The maximum atomic E-state index is 13.0. The number of alkyl halides is 3. The summed E-state index contributed by atoms with van der Waals surface area (Å²) in [7, 11) is 0. The van der Waals surface area contributed by atoms with E-state index in [-0.39, 0.29) is 32.8 Å². The van der Waals surface area contributed by atoms with Crippen LogP contribution < -0.4 is 5.73 Å². The summed E-state index contributed by atoms with van der Waals surface area (Å²) < 4.78 is 39.9. The first-order chi connectivity index (χ1) is 14.2. The van der Waals surface area contributed by atoms with Crippen LogP contribution in [0.2, 0.25) is 10.0 Å². The van der Waals surface area contributed by atoms with Crippen LogP contribution in [-0.2, 0) is 12.6 Å². The lowest BCUT2D eigenvalue weighted by molar-refractivity contribution is -0.137. The number of hydrogen-bond acceptors (Lipinski definition) is 3. The number of aryl methyl sites for hydroxylation is 1. The Kier molecular flexibility index (Phi) is 5.98. The molecular weight excluding hydrogens is 436 g/mol. The molecule has 0 radical (unpaired) electrons. The fourth-order valence-electron chi connectivity index (χ4n) is 2.69. The SMILES string of the molecule is CCc1ccc(C#Cc2c(C#N)nn(-c3c(Cl)cc(C(F)(F)F)cc3Cl)c2N)cc1. The molecule has 0 spiro atoms. The van der Waals surface area contributed by atoms with Crippen LogP contribution >= 0.6 is 23.2 Å².